The SMILES string of the molecule is C=CC(=O)OC(CO)COc1ccc(OCCCO)c2ccccc12. The first-order valence-corrected chi connectivity index (χ1v) is 8.01. The molecule has 0 aromatic heterocycles. The minimum atomic E-state index is -0.773. The standard InChI is InChI=1S/C19H22O6/c1-2-19(22)25-14(12-21)13-24-18-9-8-17(23-11-5-10-20)15-6-3-4-7-16(15)18/h2-4,6-9,14,20-21H,1,5,10-13H2. The summed E-state index contributed by atoms with van der Waals surface area (Å²) in [6.07, 6.45) is 0.820. The van der Waals surface area contributed by atoms with Crippen LogP contribution in [0.4, 0.5) is 0 Å². The van der Waals surface area contributed by atoms with Crippen LogP contribution in [-0.2, 0) is 9.53 Å². The molecule has 0 saturated carbocycles. The summed E-state index contributed by atoms with van der Waals surface area (Å²) in [4.78, 5) is 11.2. The van der Waals surface area contributed by atoms with Crippen molar-refractivity contribution >= 4 is 16.7 Å². The lowest BCUT2D eigenvalue weighted by Gasteiger charge is -2.17. The monoisotopic (exact) mass is 346 g/mol. The predicted molar refractivity (Wildman–Crippen MR) is 93.8 cm³/mol. The number of rotatable bonds is 10. The van der Waals surface area contributed by atoms with E-state index in [0.717, 1.165) is 16.8 Å². The van der Waals surface area contributed by atoms with E-state index in [1.54, 1.807) is 12.1 Å². The Balaban J connectivity index is 2.14. The van der Waals surface area contributed by atoms with Crippen LogP contribution in [0, 0.1) is 0 Å². The van der Waals surface area contributed by atoms with E-state index >= 15 is 0 Å². The third-order valence-electron chi connectivity index (χ3n) is 3.48. The number of ether oxygens (including phenoxy) is 3. The Morgan fingerprint density at radius 1 is 1.08 bits per heavy atom. The summed E-state index contributed by atoms with van der Waals surface area (Å²) in [5.41, 5.74) is 0. The lowest BCUT2D eigenvalue weighted by atomic mass is 10.1. The molecule has 0 aliphatic rings. The summed E-state index contributed by atoms with van der Waals surface area (Å²) in [7, 11) is 0. The molecule has 0 saturated heterocycles. The van der Waals surface area contributed by atoms with Crippen LogP contribution in [0.1, 0.15) is 6.42 Å². The first-order chi connectivity index (χ1) is 12.2. The number of hydrogen-bond acceptors (Lipinski definition) is 6. The second-order valence-electron chi connectivity index (χ2n) is 5.29. The first kappa shape index (κ1) is 18.8. The van der Waals surface area contributed by atoms with E-state index in [0.29, 0.717) is 24.5 Å². The molecule has 0 aliphatic carbocycles. The maximum atomic E-state index is 11.2. The number of aliphatic hydroxyl groups excluding tert-OH is 2. The van der Waals surface area contributed by atoms with Crippen LogP contribution in [0.15, 0.2) is 49.1 Å². The zero-order valence-corrected chi connectivity index (χ0v) is 13.9. The van der Waals surface area contributed by atoms with Gasteiger partial charge in [-0.25, -0.2) is 4.79 Å². The zero-order chi connectivity index (χ0) is 18.1. The maximum Gasteiger partial charge on any atom is 0.330 e. The van der Waals surface area contributed by atoms with Crippen LogP contribution in [0.5, 0.6) is 11.5 Å². The molecule has 134 valence electrons. The number of hydrogen-bond donors (Lipinski definition) is 2. The molecule has 0 bridgehead atoms. The molecule has 1 atom stereocenters. The van der Waals surface area contributed by atoms with E-state index in [1.165, 1.54) is 0 Å². The van der Waals surface area contributed by atoms with Crippen molar-refractivity contribution in [1.29, 1.82) is 0 Å². The lowest BCUT2D eigenvalue weighted by molar-refractivity contribution is -0.146. The third kappa shape index (κ3) is 5.20. The van der Waals surface area contributed by atoms with Crippen LogP contribution >= 0.6 is 0 Å². The van der Waals surface area contributed by atoms with Crippen molar-refractivity contribution in [2.45, 2.75) is 12.5 Å². The molecular formula is C19H22O6. The second-order valence-corrected chi connectivity index (χ2v) is 5.29. The van der Waals surface area contributed by atoms with E-state index in [-0.39, 0.29) is 19.8 Å². The summed E-state index contributed by atoms with van der Waals surface area (Å²) >= 11 is 0. The normalized spacial score (nSPS) is 11.8. The predicted octanol–water partition coefficient (Wildman–Crippen LogP) is 2.07. The minimum Gasteiger partial charge on any atom is -0.493 e. The van der Waals surface area contributed by atoms with Gasteiger partial charge in [-0.2, -0.15) is 0 Å². The smallest absolute Gasteiger partial charge is 0.330 e. The fourth-order valence-electron chi connectivity index (χ4n) is 2.26. The van der Waals surface area contributed by atoms with Gasteiger partial charge in [0.05, 0.1) is 13.2 Å². The molecule has 25 heavy (non-hydrogen) atoms. The van der Waals surface area contributed by atoms with Gasteiger partial charge in [-0.1, -0.05) is 30.8 Å². The summed E-state index contributed by atoms with van der Waals surface area (Å²) in [6.45, 7) is 3.49. The molecular weight excluding hydrogens is 324 g/mol. The van der Waals surface area contributed by atoms with Gasteiger partial charge < -0.3 is 24.4 Å². The Morgan fingerprint density at radius 2 is 1.72 bits per heavy atom. The second kappa shape index (κ2) is 9.66. The summed E-state index contributed by atoms with van der Waals surface area (Å²) < 4.78 is 16.4. The maximum absolute atomic E-state index is 11.2. The number of benzene rings is 2. The highest BCUT2D eigenvalue weighted by molar-refractivity contribution is 5.93. The van der Waals surface area contributed by atoms with Crippen molar-refractivity contribution in [2.24, 2.45) is 0 Å². The molecule has 0 radical (unpaired) electrons. The fourth-order valence-corrected chi connectivity index (χ4v) is 2.26. The van der Waals surface area contributed by atoms with Gasteiger partial charge in [-0.15, -0.1) is 0 Å². The zero-order valence-electron chi connectivity index (χ0n) is 13.9. The molecule has 2 N–H and O–H groups in total. The van der Waals surface area contributed by atoms with Crippen LogP contribution in [0.3, 0.4) is 0 Å². The Bertz CT molecular complexity index is 712. The van der Waals surface area contributed by atoms with Gasteiger partial charge in [-0.05, 0) is 12.1 Å². The average Bonchev–Trinajstić information content (AvgIpc) is 2.65. The molecule has 0 spiro atoms. The van der Waals surface area contributed by atoms with Crippen molar-refractivity contribution < 1.29 is 29.2 Å². The van der Waals surface area contributed by atoms with E-state index in [4.69, 9.17) is 19.3 Å². The molecule has 0 heterocycles. The van der Waals surface area contributed by atoms with Gasteiger partial charge in [0, 0.05) is 29.9 Å². The lowest BCUT2D eigenvalue weighted by Crippen LogP contribution is -2.27. The highest BCUT2D eigenvalue weighted by Gasteiger charge is 2.14. The molecule has 2 aromatic rings. The molecule has 2 aromatic carbocycles. The Kier molecular flexibility index (Phi) is 7.25. The topological polar surface area (TPSA) is 85.2 Å². The van der Waals surface area contributed by atoms with Gasteiger partial charge in [0.25, 0.3) is 0 Å². The number of esters is 1. The highest BCUT2D eigenvalue weighted by Crippen LogP contribution is 2.33. The van der Waals surface area contributed by atoms with Gasteiger partial charge >= 0.3 is 5.97 Å². The van der Waals surface area contributed by atoms with Gasteiger partial charge in [0.2, 0.25) is 0 Å². The minimum absolute atomic E-state index is 0.0186. The van der Waals surface area contributed by atoms with Crippen LogP contribution < -0.4 is 9.47 Å². The van der Waals surface area contributed by atoms with Crippen LogP contribution in [0.25, 0.3) is 10.8 Å². The molecule has 0 fully saturated rings. The van der Waals surface area contributed by atoms with Gasteiger partial charge in [0.1, 0.15) is 18.1 Å². The number of aliphatic hydroxyl groups is 2. The Morgan fingerprint density at radius 3 is 2.28 bits per heavy atom. The van der Waals surface area contributed by atoms with Crippen molar-refractivity contribution in [3.05, 3.63) is 49.1 Å². The molecule has 1 unspecified atom stereocenters. The average molecular weight is 346 g/mol. The van der Waals surface area contributed by atoms with Crippen molar-refractivity contribution in [1.82, 2.24) is 0 Å². The van der Waals surface area contributed by atoms with E-state index in [1.807, 2.05) is 24.3 Å². The van der Waals surface area contributed by atoms with E-state index in [2.05, 4.69) is 6.58 Å². The van der Waals surface area contributed by atoms with E-state index in [9.17, 15) is 9.90 Å². The molecule has 6 nitrogen and oxygen atoms in total. The molecule has 0 amide bonds. The van der Waals surface area contributed by atoms with Crippen molar-refractivity contribution in [3.8, 4) is 11.5 Å². The summed E-state index contributed by atoms with van der Waals surface area (Å²) in [5, 5.41) is 19.9. The fraction of sp³-hybridized carbons (Fsp3) is 0.316. The third-order valence-corrected chi connectivity index (χ3v) is 3.48. The van der Waals surface area contributed by atoms with Crippen molar-refractivity contribution in [2.75, 3.05) is 26.4 Å². The first-order valence-electron chi connectivity index (χ1n) is 8.01. The Labute approximate surface area is 146 Å². The van der Waals surface area contributed by atoms with Crippen molar-refractivity contribution in [3.63, 3.8) is 0 Å². The van der Waals surface area contributed by atoms with Gasteiger partial charge in [-0.3, -0.25) is 0 Å². The highest BCUT2D eigenvalue weighted by atomic mass is 16.6. The van der Waals surface area contributed by atoms with Gasteiger partial charge in [0.15, 0.2) is 6.10 Å². The molecule has 0 aliphatic heterocycles. The number of fused-ring (bicyclic) bond motifs is 1. The number of carbonyl (C=O) groups is 1. The largest absolute Gasteiger partial charge is 0.493 e. The molecule has 6 heteroatoms. The quantitative estimate of drug-likeness (QED) is 0.389. The molecule has 2 rings (SSSR count). The summed E-state index contributed by atoms with van der Waals surface area (Å²) in [6, 6.07) is 11.1. The van der Waals surface area contributed by atoms with Crippen LogP contribution in [0.2, 0.25) is 0 Å². The Hall–Kier alpha value is -2.57. The van der Waals surface area contributed by atoms with Crippen LogP contribution in [-0.4, -0.2) is 48.7 Å². The van der Waals surface area contributed by atoms with E-state index < -0.39 is 12.1 Å². The summed E-state index contributed by atoms with van der Waals surface area (Å²) in [5.74, 6) is 0.687. The number of carbonyl (C=O) groups excluding carboxylic acids is 1.